The molecule has 0 amide bonds. The van der Waals surface area contributed by atoms with Gasteiger partial charge in [-0.05, 0) is 80.9 Å². The number of aromatic nitrogens is 2. The lowest BCUT2D eigenvalue weighted by atomic mass is 9.85. The lowest BCUT2D eigenvalue weighted by molar-refractivity contribution is 1.06. The summed E-state index contributed by atoms with van der Waals surface area (Å²) in [7, 11) is 0. The Kier molecular flexibility index (Phi) is 5.94. The Morgan fingerprint density at radius 3 is 1.38 bits per heavy atom. The monoisotopic (exact) mass is 512 g/mol. The summed E-state index contributed by atoms with van der Waals surface area (Å²) in [6.07, 6.45) is 0. The van der Waals surface area contributed by atoms with Crippen molar-refractivity contribution in [2.75, 3.05) is 0 Å². The average Bonchev–Trinajstić information content (AvgIpc) is 3.00. The van der Waals surface area contributed by atoms with Crippen LogP contribution in [0.5, 0.6) is 0 Å². The molecule has 2 heteroatoms. The fraction of sp³-hybridized carbons (Fsp3) is 0.0526. The summed E-state index contributed by atoms with van der Waals surface area (Å²) in [5, 5.41) is 5.00. The van der Waals surface area contributed by atoms with Gasteiger partial charge in [-0.2, -0.15) is 0 Å². The first-order valence-electron chi connectivity index (χ1n) is 13.7. The second-order valence-electron chi connectivity index (χ2n) is 10.3. The molecular weight excluding hydrogens is 484 g/mol. The van der Waals surface area contributed by atoms with Gasteiger partial charge in [0.05, 0.1) is 0 Å². The van der Waals surface area contributed by atoms with E-state index in [4.69, 9.17) is 0 Å². The summed E-state index contributed by atoms with van der Waals surface area (Å²) in [6.45, 7) is 4.03. The molecule has 6 aromatic carbocycles. The van der Waals surface area contributed by atoms with Crippen LogP contribution in [-0.2, 0) is 0 Å². The first kappa shape index (κ1) is 24.0. The maximum absolute atomic E-state index is 4.67. The lowest BCUT2D eigenvalue weighted by Gasteiger charge is -2.18. The van der Waals surface area contributed by atoms with Crippen molar-refractivity contribution in [1.82, 2.24) is 9.97 Å². The van der Waals surface area contributed by atoms with E-state index in [2.05, 4.69) is 137 Å². The Morgan fingerprint density at radius 2 is 0.800 bits per heavy atom. The molecule has 7 aromatic rings. The highest BCUT2D eigenvalue weighted by Gasteiger charge is 2.17. The van der Waals surface area contributed by atoms with Gasteiger partial charge in [0.1, 0.15) is 0 Å². The minimum Gasteiger partial charge on any atom is -0.233 e. The second kappa shape index (κ2) is 9.91. The summed E-state index contributed by atoms with van der Waals surface area (Å²) in [4.78, 5) is 9.34. The molecule has 0 atom stereocenters. The van der Waals surface area contributed by atoms with Gasteiger partial charge in [0.2, 0.25) is 0 Å². The SMILES string of the molecule is Cc1cc(C)nc(-c2ccc(-c3c4ccccc4c(-c4cccc(-c5ccccc5)c4)c4ccccc34)cc2)n1. The van der Waals surface area contributed by atoms with Crippen molar-refractivity contribution in [3.63, 3.8) is 0 Å². The van der Waals surface area contributed by atoms with Crippen molar-refractivity contribution in [2.45, 2.75) is 13.8 Å². The number of hydrogen-bond acceptors (Lipinski definition) is 2. The predicted octanol–water partition coefficient (Wildman–Crippen LogP) is 10.1. The lowest BCUT2D eigenvalue weighted by Crippen LogP contribution is -1.94. The Labute approximate surface area is 234 Å². The zero-order valence-electron chi connectivity index (χ0n) is 22.6. The number of rotatable bonds is 4. The van der Waals surface area contributed by atoms with Crippen LogP contribution in [0, 0.1) is 13.8 Å². The van der Waals surface area contributed by atoms with Gasteiger partial charge in [-0.25, -0.2) is 9.97 Å². The maximum Gasteiger partial charge on any atom is 0.159 e. The predicted molar refractivity (Wildman–Crippen MR) is 168 cm³/mol. The molecule has 2 nitrogen and oxygen atoms in total. The Morgan fingerprint density at radius 1 is 0.350 bits per heavy atom. The van der Waals surface area contributed by atoms with Gasteiger partial charge in [-0.15, -0.1) is 0 Å². The number of benzene rings is 6. The average molecular weight is 513 g/mol. The summed E-state index contributed by atoms with van der Waals surface area (Å²) < 4.78 is 0. The van der Waals surface area contributed by atoms with E-state index in [-0.39, 0.29) is 0 Å². The molecule has 0 aliphatic heterocycles. The van der Waals surface area contributed by atoms with E-state index in [0.717, 1.165) is 22.8 Å². The normalized spacial score (nSPS) is 11.2. The van der Waals surface area contributed by atoms with Crippen LogP contribution < -0.4 is 0 Å². The van der Waals surface area contributed by atoms with Crippen LogP contribution in [0.25, 0.3) is 66.3 Å². The Hall–Kier alpha value is -5.08. The molecule has 40 heavy (non-hydrogen) atoms. The Balaban J connectivity index is 1.44. The zero-order valence-corrected chi connectivity index (χ0v) is 22.6. The zero-order chi connectivity index (χ0) is 27.1. The molecule has 1 heterocycles. The summed E-state index contributed by atoms with van der Waals surface area (Å²) >= 11 is 0. The van der Waals surface area contributed by atoms with E-state index in [1.54, 1.807) is 0 Å². The number of hydrogen-bond donors (Lipinski definition) is 0. The third-order valence-electron chi connectivity index (χ3n) is 7.60. The van der Waals surface area contributed by atoms with E-state index in [0.29, 0.717) is 0 Å². The minimum absolute atomic E-state index is 0.771. The number of nitrogens with zero attached hydrogens (tertiary/aromatic N) is 2. The van der Waals surface area contributed by atoms with E-state index in [1.165, 1.54) is 54.9 Å². The van der Waals surface area contributed by atoms with Crippen LogP contribution in [-0.4, -0.2) is 9.97 Å². The second-order valence-corrected chi connectivity index (χ2v) is 10.3. The van der Waals surface area contributed by atoms with Gasteiger partial charge in [0.25, 0.3) is 0 Å². The van der Waals surface area contributed by atoms with Crippen molar-refractivity contribution < 1.29 is 0 Å². The van der Waals surface area contributed by atoms with Crippen LogP contribution in [0.2, 0.25) is 0 Å². The standard InChI is InChI=1S/C38H28N2/c1-25-23-26(2)40-38(39-25)29-21-19-28(20-22-29)36-32-15-6-8-17-34(32)37(35-18-9-7-16-33(35)36)31-14-10-13-30(24-31)27-11-4-3-5-12-27/h3-24H,1-2H3. The summed E-state index contributed by atoms with van der Waals surface area (Å²) in [5.41, 5.74) is 10.4. The third kappa shape index (κ3) is 4.24. The molecule has 0 radical (unpaired) electrons. The van der Waals surface area contributed by atoms with E-state index < -0.39 is 0 Å². The van der Waals surface area contributed by atoms with Gasteiger partial charge < -0.3 is 0 Å². The molecule has 0 aliphatic rings. The fourth-order valence-electron chi connectivity index (χ4n) is 5.88. The van der Waals surface area contributed by atoms with E-state index in [1.807, 2.05) is 19.9 Å². The first-order valence-corrected chi connectivity index (χ1v) is 13.7. The highest BCUT2D eigenvalue weighted by molar-refractivity contribution is 6.21. The molecule has 0 bridgehead atoms. The molecule has 0 spiro atoms. The fourth-order valence-corrected chi connectivity index (χ4v) is 5.88. The molecular formula is C38H28N2. The topological polar surface area (TPSA) is 25.8 Å². The number of fused-ring (bicyclic) bond motifs is 2. The van der Waals surface area contributed by atoms with Gasteiger partial charge in [-0.3, -0.25) is 0 Å². The van der Waals surface area contributed by atoms with Crippen LogP contribution in [0.4, 0.5) is 0 Å². The first-order chi connectivity index (χ1) is 19.7. The molecule has 0 saturated heterocycles. The maximum atomic E-state index is 4.67. The minimum atomic E-state index is 0.771. The van der Waals surface area contributed by atoms with Crippen molar-refractivity contribution in [3.8, 4) is 44.8 Å². The molecule has 190 valence electrons. The van der Waals surface area contributed by atoms with E-state index >= 15 is 0 Å². The molecule has 0 aliphatic carbocycles. The number of aryl methyl sites for hydroxylation is 2. The van der Waals surface area contributed by atoms with Gasteiger partial charge in [0, 0.05) is 17.0 Å². The molecule has 0 fully saturated rings. The molecule has 7 rings (SSSR count). The van der Waals surface area contributed by atoms with Gasteiger partial charge in [-0.1, -0.05) is 121 Å². The highest BCUT2D eigenvalue weighted by atomic mass is 14.9. The molecule has 0 unspecified atom stereocenters. The van der Waals surface area contributed by atoms with Crippen LogP contribution >= 0.6 is 0 Å². The van der Waals surface area contributed by atoms with Crippen molar-refractivity contribution in [2.24, 2.45) is 0 Å². The summed E-state index contributed by atoms with van der Waals surface area (Å²) in [6, 6.07) is 47.8. The molecule has 0 saturated carbocycles. The van der Waals surface area contributed by atoms with E-state index in [9.17, 15) is 0 Å². The third-order valence-corrected chi connectivity index (χ3v) is 7.60. The van der Waals surface area contributed by atoms with Gasteiger partial charge in [0.15, 0.2) is 5.82 Å². The highest BCUT2D eigenvalue weighted by Crippen LogP contribution is 2.44. The van der Waals surface area contributed by atoms with Crippen molar-refractivity contribution >= 4 is 21.5 Å². The van der Waals surface area contributed by atoms with Gasteiger partial charge >= 0.3 is 0 Å². The summed E-state index contributed by atoms with van der Waals surface area (Å²) in [5.74, 6) is 0.771. The molecule has 0 N–H and O–H groups in total. The Bertz CT molecular complexity index is 1930. The largest absolute Gasteiger partial charge is 0.233 e. The van der Waals surface area contributed by atoms with Crippen molar-refractivity contribution in [1.29, 1.82) is 0 Å². The van der Waals surface area contributed by atoms with Crippen LogP contribution in [0.3, 0.4) is 0 Å². The smallest absolute Gasteiger partial charge is 0.159 e. The van der Waals surface area contributed by atoms with Crippen LogP contribution in [0.15, 0.2) is 133 Å². The van der Waals surface area contributed by atoms with Crippen molar-refractivity contribution in [3.05, 3.63) is 145 Å². The quantitative estimate of drug-likeness (QED) is 0.219. The molecule has 1 aromatic heterocycles. The van der Waals surface area contributed by atoms with Crippen LogP contribution in [0.1, 0.15) is 11.4 Å².